The number of nitrogens with one attached hydrogen (secondary N) is 1. The van der Waals surface area contributed by atoms with Gasteiger partial charge < -0.3 is 20.5 Å². The molecular weight excluding hydrogens is 285 g/mol. The standard InChI is InChI=1S/C16H18FN3O2/c1-21-13-7-8-15(22-2)14(9-13)20-16(18)19-10-11-3-5-12(17)6-4-11/h3-9H,10H2,1-2H3,(H3,18,19,20). The second-order valence-corrected chi connectivity index (χ2v) is 4.52. The number of hydrogen-bond donors (Lipinski definition) is 2. The van der Waals surface area contributed by atoms with Gasteiger partial charge in [0.2, 0.25) is 0 Å². The van der Waals surface area contributed by atoms with Crippen molar-refractivity contribution in [3.63, 3.8) is 0 Å². The van der Waals surface area contributed by atoms with Crippen LogP contribution in [0.25, 0.3) is 0 Å². The molecule has 0 unspecified atom stereocenters. The summed E-state index contributed by atoms with van der Waals surface area (Å²) in [5.74, 6) is 1.26. The van der Waals surface area contributed by atoms with Crippen LogP contribution in [0, 0.1) is 5.82 Å². The monoisotopic (exact) mass is 303 g/mol. The quantitative estimate of drug-likeness (QED) is 0.658. The molecule has 116 valence electrons. The number of nitrogens with two attached hydrogens (primary N) is 1. The molecule has 0 fully saturated rings. The summed E-state index contributed by atoms with van der Waals surface area (Å²) in [4.78, 5) is 4.21. The number of anilines is 1. The van der Waals surface area contributed by atoms with Crippen LogP contribution in [0.5, 0.6) is 11.5 Å². The minimum absolute atomic E-state index is 0.232. The number of halogens is 1. The van der Waals surface area contributed by atoms with Crippen molar-refractivity contribution >= 4 is 11.6 Å². The maximum atomic E-state index is 12.8. The second-order valence-electron chi connectivity index (χ2n) is 4.52. The number of guanidine groups is 1. The van der Waals surface area contributed by atoms with E-state index in [1.54, 1.807) is 44.6 Å². The van der Waals surface area contributed by atoms with Gasteiger partial charge in [0.05, 0.1) is 26.5 Å². The van der Waals surface area contributed by atoms with Gasteiger partial charge in [-0.15, -0.1) is 0 Å². The zero-order valence-electron chi connectivity index (χ0n) is 12.5. The van der Waals surface area contributed by atoms with E-state index in [1.807, 2.05) is 0 Å². The molecule has 0 amide bonds. The Morgan fingerprint density at radius 1 is 1.14 bits per heavy atom. The highest BCUT2D eigenvalue weighted by atomic mass is 19.1. The molecule has 0 heterocycles. The zero-order chi connectivity index (χ0) is 15.9. The first kappa shape index (κ1) is 15.6. The van der Waals surface area contributed by atoms with Crippen LogP contribution in [0.2, 0.25) is 0 Å². The van der Waals surface area contributed by atoms with Gasteiger partial charge in [-0.1, -0.05) is 12.1 Å². The largest absolute Gasteiger partial charge is 0.497 e. The number of hydrogen-bond acceptors (Lipinski definition) is 3. The molecular formula is C16H18FN3O2. The van der Waals surface area contributed by atoms with Crippen LogP contribution in [0.1, 0.15) is 5.56 Å². The maximum Gasteiger partial charge on any atom is 0.193 e. The third-order valence-electron chi connectivity index (χ3n) is 3.01. The van der Waals surface area contributed by atoms with Crippen LogP contribution >= 0.6 is 0 Å². The van der Waals surface area contributed by atoms with Crippen molar-refractivity contribution in [2.45, 2.75) is 6.54 Å². The maximum absolute atomic E-state index is 12.8. The van der Waals surface area contributed by atoms with E-state index in [4.69, 9.17) is 15.2 Å². The third kappa shape index (κ3) is 4.12. The van der Waals surface area contributed by atoms with Gasteiger partial charge in [-0.25, -0.2) is 9.38 Å². The fourth-order valence-electron chi connectivity index (χ4n) is 1.86. The summed E-state index contributed by atoms with van der Waals surface area (Å²) >= 11 is 0. The fourth-order valence-corrected chi connectivity index (χ4v) is 1.86. The number of aliphatic imine (C=N–C) groups is 1. The Labute approximate surface area is 128 Å². The average Bonchev–Trinajstić information content (AvgIpc) is 2.54. The summed E-state index contributed by atoms with van der Waals surface area (Å²) in [5.41, 5.74) is 7.39. The Bertz CT molecular complexity index is 657. The first-order valence-corrected chi connectivity index (χ1v) is 6.66. The number of ether oxygens (including phenoxy) is 2. The fraction of sp³-hybridized carbons (Fsp3) is 0.188. The number of methoxy groups -OCH3 is 2. The lowest BCUT2D eigenvalue weighted by Gasteiger charge is -2.12. The topological polar surface area (TPSA) is 68.9 Å². The summed E-state index contributed by atoms with van der Waals surface area (Å²) < 4.78 is 23.2. The molecule has 0 saturated heterocycles. The first-order valence-electron chi connectivity index (χ1n) is 6.66. The van der Waals surface area contributed by atoms with Crippen LogP contribution in [0.3, 0.4) is 0 Å². The summed E-state index contributed by atoms with van der Waals surface area (Å²) in [7, 11) is 3.15. The smallest absolute Gasteiger partial charge is 0.193 e. The van der Waals surface area contributed by atoms with Gasteiger partial charge in [-0.05, 0) is 29.8 Å². The SMILES string of the molecule is COc1ccc(OC)c(NC(N)=NCc2ccc(F)cc2)c1. The summed E-state index contributed by atoms with van der Waals surface area (Å²) in [6.45, 7) is 0.353. The van der Waals surface area contributed by atoms with Crippen LogP contribution in [-0.4, -0.2) is 20.2 Å². The molecule has 5 nitrogen and oxygen atoms in total. The molecule has 0 aromatic heterocycles. The van der Waals surface area contributed by atoms with E-state index in [0.29, 0.717) is 23.7 Å². The molecule has 22 heavy (non-hydrogen) atoms. The van der Waals surface area contributed by atoms with Gasteiger partial charge in [-0.3, -0.25) is 0 Å². The number of nitrogens with zero attached hydrogens (tertiary/aromatic N) is 1. The molecule has 0 atom stereocenters. The van der Waals surface area contributed by atoms with Crippen LogP contribution in [0.4, 0.5) is 10.1 Å². The van der Waals surface area contributed by atoms with Gasteiger partial charge in [0.25, 0.3) is 0 Å². The van der Waals surface area contributed by atoms with Crippen molar-refractivity contribution in [2.75, 3.05) is 19.5 Å². The third-order valence-corrected chi connectivity index (χ3v) is 3.01. The number of benzene rings is 2. The Kier molecular flexibility index (Phi) is 5.19. The van der Waals surface area contributed by atoms with Gasteiger partial charge in [-0.2, -0.15) is 0 Å². The molecule has 2 rings (SSSR count). The highest BCUT2D eigenvalue weighted by Crippen LogP contribution is 2.28. The summed E-state index contributed by atoms with van der Waals surface area (Å²) in [5, 5.41) is 2.97. The van der Waals surface area contributed by atoms with Crippen molar-refractivity contribution in [1.82, 2.24) is 0 Å². The van der Waals surface area contributed by atoms with Crippen molar-refractivity contribution in [3.05, 3.63) is 53.8 Å². The van der Waals surface area contributed by atoms with Crippen molar-refractivity contribution in [3.8, 4) is 11.5 Å². The lowest BCUT2D eigenvalue weighted by molar-refractivity contribution is 0.405. The van der Waals surface area contributed by atoms with E-state index >= 15 is 0 Å². The highest BCUT2D eigenvalue weighted by Gasteiger charge is 2.06. The lowest BCUT2D eigenvalue weighted by atomic mass is 10.2. The van der Waals surface area contributed by atoms with E-state index in [9.17, 15) is 4.39 Å². The molecule has 0 radical (unpaired) electrons. The van der Waals surface area contributed by atoms with E-state index in [2.05, 4.69) is 10.3 Å². The minimum Gasteiger partial charge on any atom is -0.497 e. The second kappa shape index (κ2) is 7.31. The average molecular weight is 303 g/mol. The first-order chi connectivity index (χ1) is 10.6. The normalized spacial score (nSPS) is 11.1. The van der Waals surface area contributed by atoms with E-state index in [1.165, 1.54) is 12.1 Å². The summed E-state index contributed by atoms with van der Waals surface area (Å²) in [6, 6.07) is 11.4. The molecule has 0 saturated carbocycles. The van der Waals surface area contributed by atoms with E-state index in [-0.39, 0.29) is 11.8 Å². The lowest BCUT2D eigenvalue weighted by Crippen LogP contribution is -2.23. The molecule has 2 aromatic carbocycles. The van der Waals surface area contributed by atoms with Crippen LogP contribution < -0.4 is 20.5 Å². The Morgan fingerprint density at radius 3 is 2.50 bits per heavy atom. The Hall–Kier alpha value is -2.76. The summed E-state index contributed by atoms with van der Waals surface area (Å²) in [6.07, 6.45) is 0. The zero-order valence-corrected chi connectivity index (χ0v) is 12.5. The molecule has 0 bridgehead atoms. The molecule has 3 N–H and O–H groups in total. The molecule has 0 aliphatic heterocycles. The van der Waals surface area contributed by atoms with Crippen molar-refractivity contribution < 1.29 is 13.9 Å². The van der Waals surface area contributed by atoms with Gasteiger partial charge in [0.1, 0.15) is 17.3 Å². The minimum atomic E-state index is -0.278. The van der Waals surface area contributed by atoms with Gasteiger partial charge >= 0.3 is 0 Å². The predicted molar refractivity (Wildman–Crippen MR) is 84.9 cm³/mol. The molecule has 2 aromatic rings. The molecule has 0 aliphatic rings. The van der Waals surface area contributed by atoms with Gasteiger partial charge in [0, 0.05) is 6.07 Å². The van der Waals surface area contributed by atoms with Crippen molar-refractivity contribution in [1.29, 1.82) is 0 Å². The van der Waals surface area contributed by atoms with Crippen molar-refractivity contribution in [2.24, 2.45) is 10.7 Å². The van der Waals surface area contributed by atoms with E-state index in [0.717, 1.165) is 5.56 Å². The van der Waals surface area contributed by atoms with Crippen LogP contribution in [-0.2, 0) is 6.54 Å². The predicted octanol–water partition coefficient (Wildman–Crippen LogP) is 2.77. The Balaban J connectivity index is 2.08. The Morgan fingerprint density at radius 2 is 1.86 bits per heavy atom. The molecule has 0 aliphatic carbocycles. The molecule has 6 heteroatoms. The van der Waals surface area contributed by atoms with Crippen LogP contribution in [0.15, 0.2) is 47.5 Å². The number of rotatable bonds is 5. The highest BCUT2D eigenvalue weighted by molar-refractivity contribution is 5.94. The van der Waals surface area contributed by atoms with E-state index < -0.39 is 0 Å². The van der Waals surface area contributed by atoms with Gasteiger partial charge in [0.15, 0.2) is 5.96 Å². The molecule has 0 spiro atoms.